The number of alkyl halides is 2. The van der Waals surface area contributed by atoms with Crippen LogP contribution < -0.4 is 11.1 Å². The molecule has 3 N–H and O–H groups in total. The van der Waals surface area contributed by atoms with E-state index in [1.165, 1.54) is 6.26 Å². The number of aromatic nitrogens is 5. The van der Waals surface area contributed by atoms with E-state index in [0.717, 1.165) is 17.3 Å². The molecule has 0 fully saturated rings. The molecule has 3 heterocycles. The van der Waals surface area contributed by atoms with Crippen LogP contribution in [0.25, 0.3) is 22.9 Å². The molecule has 32 heavy (non-hydrogen) atoms. The van der Waals surface area contributed by atoms with Crippen LogP contribution in [0.3, 0.4) is 0 Å². The average Bonchev–Trinajstić information content (AvgIpc) is 3.40. The lowest BCUT2D eigenvalue weighted by molar-refractivity contribution is -0.137. The maximum atomic E-state index is 13.1. The summed E-state index contributed by atoms with van der Waals surface area (Å²) >= 11 is 0. The molecule has 0 aliphatic carbocycles. The molecule has 11 heteroatoms. The Morgan fingerprint density at radius 2 is 2.03 bits per heavy atom. The largest absolute Gasteiger partial charge is 0.382 e. The molecular formula is C21H19F2N7O2. The van der Waals surface area contributed by atoms with Crippen molar-refractivity contribution in [2.24, 2.45) is 0 Å². The Bertz CT molecular complexity index is 1260. The minimum Gasteiger partial charge on any atom is -0.382 e. The molecule has 0 bridgehead atoms. The minimum atomic E-state index is -3.56. The number of nitrogens with zero attached hydrogens (tertiary/aromatic N) is 5. The van der Waals surface area contributed by atoms with Gasteiger partial charge in [-0.3, -0.25) is 9.48 Å². The van der Waals surface area contributed by atoms with Crippen LogP contribution >= 0.6 is 0 Å². The monoisotopic (exact) mass is 439 g/mol. The predicted octanol–water partition coefficient (Wildman–Crippen LogP) is 3.53. The van der Waals surface area contributed by atoms with Crippen LogP contribution in [0, 0.1) is 6.92 Å². The number of aryl methyl sites for hydroxylation is 1. The third-order valence-corrected chi connectivity index (χ3v) is 4.76. The van der Waals surface area contributed by atoms with Gasteiger partial charge in [0.25, 0.3) is 5.91 Å². The summed E-state index contributed by atoms with van der Waals surface area (Å²) in [5.41, 5.74) is 9.54. The van der Waals surface area contributed by atoms with Crippen LogP contribution in [-0.4, -0.2) is 36.7 Å². The van der Waals surface area contributed by atoms with Gasteiger partial charge in [-0.2, -0.15) is 13.9 Å². The first kappa shape index (κ1) is 21.1. The van der Waals surface area contributed by atoms with Crippen molar-refractivity contribution in [1.29, 1.82) is 0 Å². The van der Waals surface area contributed by atoms with E-state index < -0.39 is 11.8 Å². The average molecular weight is 439 g/mol. The van der Waals surface area contributed by atoms with Gasteiger partial charge in [-0.15, -0.1) is 0 Å². The number of hydrogen-bond acceptors (Lipinski definition) is 7. The fourth-order valence-electron chi connectivity index (χ4n) is 2.99. The molecule has 1 aromatic carbocycles. The van der Waals surface area contributed by atoms with Crippen LogP contribution in [0.4, 0.5) is 20.3 Å². The van der Waals surface area contributed by atoms with E-state index in [-0.39, 0.29) is 17.3 Å². The fourth-order valence-corrected chi connectivity index (χ4v) is 2.99. The highest BCUT2D eigenvalue weighted by molar-refractivity contribution is 5.97. The van der Waals surface area contributed by atoms with Gasteiger partial charge < -0.3 is 15.6 Å². The first-order chi connectivity index (χ1) is 15.2. The Hall–Kier alpha value is -4.15. The van der Waals surface area contributed by atoms with E-state index in [0.29, 0.717) is 30.6 Å². The zero-order valence-corrected chi connectivity index (χ0v) is 17.2. The molecule has 4 rings (SSSR count). The number of carbonyl (C=O) groups excluding carboxylic acids is 1. The van der Waals surface area contributed by atoms with Crippen LogP contribution in [0.5, 0.6) is 0 Å². The molecule has 0 unspecified atom stereocenters. The molecule has 3 aromatic heterocycles. The minimum absolute atomic E-state index is 0.114. The van der Waals surface area contributed by atoms with Gasteiger partial charge in [-0.1, -0.05) is 29.4 Å². The second-order valence-corrected chi connectivity index (χ2v) is 7.22. The lowest BCUT2D eigenvalue weighted by Gasteiger charge is -2.12. The Balaban J connectivity index is 1.69. The van der Waals surface area contributed by atoms with E-state index in [1.807, 2.05) is 36.5 Å². The van der Waals surface area contributed by atoms with Crippen LogP contribution in [-0.2, 0) is 11.3 Å². The number of benzene rings is 1. The van der Waals surface area contributed by atoms with Gasteiger partial charge in [-0.05, 0) is 24.1 Å². The molecule has 0 radical (unpaired) electrons. The third kappa shape index (κ3) is 4.31. The molecule has 164 valence electrons. The van der Waals surface area contributed by atoms with Gasteiger partial charge >= 0.3 is 5.92 Å². The Labute approximate surface area is 181 Å². The number of hydrogen-bond donors (Lipinski definition) is 2. The SMILES string of the molecule is Cc1ccccc1Cn1nc(-c2ncc(NC(=O)C(C)(F)F)c(N)n2)cc1-c1ccon1. The van der Waals surface area contributed by atoms with E-state index in [2.05, 4.69) is 20.2 Å². The highest BCUT2D eigenvalue weighted by Crippen LogP contribution is 2.27. The summed E-state index contributed by atoms with van der Waals surface area (Å²) in [5, 5.41) is 10.6. The summed E-state index contributed by atoms with van der Waals surface area (Å²) in [7, 11) is 0. The van der Waals surface area contributed by atoms with E-state index in [9.17, 15) is 13.6 Å². The van der Waals surface area contributed by atoms with Crippen molar-refractivity contribution in [2.45, 2.75) is 26.3 Å². The number of nitrogens with two attached hydrogens (primary N) is 1. The molecule has 0 saturated heterocycles. The number of nitrogen functional groups attached to an aromatic ring is 1. The first-order valence-corrected chi connectivity index (χ1v) is 9.57. The standard InChI is InChI=1S/C21H19F2N7O2/c1-12-5-3-4-6-13(12)11-30-17(14-7-8-32-29-14)9-15(28-30)19-25-10-16(18(24)27-19)26-20(31)21(2,22)23/h3-10H,11H2,1-2H3,(H,26,31)(H2,24,25,27). The number of halogens is 2. The van der Waals surface area contributed by atoms with E-state index in [4.69, 9.17) is 10.3 Å². The number of nitrogens with one attached hydrogen (secondary N) is 1. The molecule has 9 nitrogen and oxygen atoms in total. The molecule has 0 spiro atoms. The summed E-state index contributed by atoms with van der Waals surface area (Å²) in [6.45, 7) is 2.95. The Kier molecular flexibility index (Phi) is 5.39. The van der Waals surface area contributed by atoms with Crippen LogP contribution in [0.2, 0.25) is 0 Å². The van der Waals surface area contributed by atoms with Gasteiger partial charge in [0.15, 0.2) is 11.6 Å². The third-order valence-electron chi connectivity index (χ3n) is 4.76. The van der Waals surface area contributed by atoms with Crippen molar-refractivity contribution in [2.75, 3.05) is 11.1 Å². The predicted molar refractivity (Wildman–Crippen MR) is 113 cm³/mol. The quantitative estimate of drug-likeness (QED) is 0.471. The van der Waals surface area contributed by atoms with E-state index >= 15 is 0 Å². The first-order valence-electron chi connectivity index (χ1n) is 9.57. The zero-order valence-electron chi connectivity index (χ0n) is 17.2. The van der Waals surface area contributed by atoms with Crippen molar-refractivity contribution >= 4 is 17.4 Å². The maximum Gasteiger partial charge on any atom is 0.322 e. The van der Waals surface area contributed by atoms with Gasteiger partial charge in [0.05, 0.1) is 18.4 Å². The maximum absolute atomic E-state index is 13.1. The van der Waals surface area contributed by atoms with Crippen molar-refractivity contribution in [3.05, 3.63) is 60.0 Å². The molecule has 1 amide bonds. The molecule has 4 aromatic rings. The molecular weight excluding hydrogens is 420 g/mol. The Morgan fingerprint density at radius 3 is 2.69 bits per heavy atom. The lowest BCUT2D eigenvalue weighted by Crippen LogP contribution is -2.31. The second kappa shape index (κ2) is 8.17. The fraction of sp³-hybridized carbons (Fsp3) is 0.190. The molecule has 0 aliphatic heterocycles. The smallest absolute Gasteiger partial charge is 0.322 e. The van der Waals surface area contributed by atoms with Crippen LogP contribution in [0.1, 0.15) is 18.1 Å². The summed E-state index contributed by atoms with van der Waals surface area (Å²) in [5.74, 6) is -5.07. The molecule has 0 aliphatic rings. The van der Waals surface area contributed by atoms with Crippen molar-refractivity contribution in [1.82, 2.24) is 24.9 Å². The highest BCUT2D eigenvalue weighted by atomic mass is 19.3. The summed E-state index contributed by atoms with van der Waals surface area (Å²) < 4.78 is 33.0. The van der Waals surface area contributed by atoms with Gasteiger partial charge in [0, 0.05) is 13.0 Å². The van der Waals surface area contributed by atoms with Crippen molar-refractivity contribution < 1.29 is 18.1 Å². The van der Waals surface area contributed by atoms with Crippen LogP contribution in [0.15, 0.2) is 53.4 Å². The second-order valence-electron chi connectivity index (χ2n) is 7.22. The topological polar surface area (TPSA) is 125 Å². The Morgan fingerprint density at radius 1 is 1.25 bits per heavy atom. The van der Waals surface area contributed by atoms with Gasteiger partial charge in [-0.25, -0.2) is 9.97 Å². The van der Waals surface area contributed by atoms with Gasteiger partial charge in [0.2, 0.25) is 0 Å². The molecule has 0 atom stereocenters. The summed E-state index contributed by atoms with van der Waals surface area (Å²) in [6, 6.07) is 11.3. The van der Waals surface area contributed by atoms with E-state index in [1.54, 1.807) is 16.8 Å². The summed E-state index contributed by atoms with van der Waals surface area (Å²) in [4.78, 5) is 19.8. The number of carbonyl (C=O) groups is 1. The van der Waals surface area contributed by atoms with Crippen molar-refractivity contribution in [3.63, 3.8) is 0 Å². The normalized spacial score (nSPS) is 11.5. The van der Waals surface area contributed by atoms with Crippen molar-refractivity contribution in [3.8, 4) is 22.9 Å². The molecule has 0 saturated carbocycles. The highest BCUT2D eigenvalue weighted by Gasteiger charge is 2.32. The number of amides is 1. The number of rotatable bonds is 6. The zero-order chi connectivity index (χ0) is 22.9. The summed E-state index contributed by atoms with van der Waals surface area (Å²) in [6.07, 6.45) is 2.62. The van der Waals surface area contributed by atoms with Gasteiger partial charge in [0.1, 0.15) is 23.3 Å². The lowest BCUT2D eigenvalue weighted by atomic mass is 10.1. The number of anilines is 2.